The lowest BCUT2D eigenvalue weighted by Crippen LogP contribution is -2.42. The summed E-state index contributed by atoms with van der Waals surface area (Å²) in [6.45, 7) is 3.32. The predicted octanol–water partition coefficient (Wildman–Crippen LogP) is 2.73. The number of carbonyl (C=O) groups is 1. The normalized spacial score (nSPS) is 27.5. The van der Waals surface area contributed by atoms with Crippen LogP contribution >= 0.6 is 21.6 Å². The number of hydrogen-bond donors (Lipinski definition) is 2. The van der Waals surface area contributed by atoms with Gasteiger partial charge in [0.15, 0.2) is 0 Å². The molecule has 0 radical (unpaired) electrons. The maximum absolute atomic E-state index is 12.2. The molecule has 10 heteroatoms. The molecule has 1 saturated heterocycles. The van der Waals surface area contributed by atoms with Crippen LogP contribution in [0.2, 0.25) is 0 Å². The van der Waals surface area contributed by atoms with Crippen LogP contribution in [0.1, 0.15) is 33.1 Å². The van der Waals surface area contributed by atoms with Crippen LogP contribution in [0.3, 0.4) is 0 Å². The number of rotatable bonds is 9. The van der Waals surface area contributed by atoms with Crippen molar-refractivity contribution >= 4 is 27.5 Å². The van der Waals surface area contributed by atoms with Crippen molar-refractivity contribution in [2.75, 3.05) is 19.1 Å². The number of aliphatic hydroxyl groups is 1. The van der Waals surface area contributed by atoms with E-state index in [1.807, 2.05) is 5.32 Å². The molecule has 0 bridgehead atoms. The molecule has 2 aliphatic rings. The standard InChI is InChI=1S/C15H24F3NO4S2/c1-14(2,7-19-13(21)15(16,17)18)25-24-8-22-11-5-10(9-3-4-9)23-12(11)6-20/h9-12,20H,3-8H2,1-2H3,(H,19,21)/t10-,11-,12?/m1/s1. The first-order valence-electron chi connectivity index (χ1n) is 8.16. The molecule has 1 unspecified atom stereocenters. The number of carbonyl (C=O) groups excluding carboxylic acids is 1. The molecule has 1 heterocycles. The second kappa shape index (κ2) is 8.69. The number of halogens is 3. The van der Waals surface area contributed by atoms with Gasteiger partial charge in [-0.2, -0.15) is 13.2 Å². The van der Waals surface area contributed by atoms with E-state index in [-0.39, 0.29) is 31.5 Å². The van der Waals surface area contributed by atoms with Crippen LogP contribution in [0.25, 0.3) is 0 Å². The zero-order valence-corrected chi connectivity index (χ0v) is 15.8. The fourth-order valence-electron chi connectivity index (χ4n) is 2.58. The SMILES string of the molecule is CC(C)(CNC(=O)C(F)(F)F)SSCO[C@@H]1C[C@H](C2CC2)OC1CO. The first kappa shape index (κ1) is 21.1. The summed E-state index contributed by atoms with van der Waals surface area (Å²) >= 11 is 0. The van der Waals surface area contributed by atoms with Crippen LogP contribution in [-0.4, -0.2) is 59.3 Å². The molecule has 2 rings (SSSR count). The molecule has 1 aliphatic heterocycles. The molecule has 146 valence electrons. The van der Waals surface area contributed by atoms with Crippen LogP contribution in [0, 0.1) is 5.92 Å². The van der Waals surface area contributed by atoms with Crippen molar-refractivity contribution in [3.8, 4) is 0 Å². The minimum absolute atomic E-state index is 0.0827. The van der Waals surface area contributed by atoms with Crippen molar-refractivity contribution in [3.63, 3.8) is 0 Å². The Morgan fingerprint density at radius 2 is 2.04 bits per heavy atom. The van der Waals surface area contributed by atoms with E-state index >= 15 is 0 Å². The highest BCUT2D eigenvalue weighted by molar-refractivity contribution is 8.77. The highest BCUT2D eigenvalue weighted by Gasteiger charge is 2.43. The van der Waals surface area contributed by atoms with Gasteiger partial charge in [0.25, 0.3) is 0 Å². The minimum Gasteiger partial charge on any atom is -0.394 e. The van der Waals surface area contributed by atoms with Gasteiger partial charge in [0.2, 0.25) is 0 Å². The van der Waals surface area contributed by atoms with Crippen molar-refractivity contribution in [2.24, 2.45) is 5.92 Å². The van der Waals surface area contributed by atoms with Crippen LogP contribution in [0.15, 0.2) is 0 Å². The second-order valence-electron chi connectivity index (χ2n) is 6.93. The van der Waals surface area contributed by atoms with Crippen LogP contribution in [0.5, 0.6) is 0 Å². The van der Waals surface area contributed by atoms with Gasteiger partial charge in [0, 0.05) is 17.7 Å². The average molecular weight is 403 g/mol. The molecule has 25 heavy (non-hydrogen) atoms. The van der Waals surface area contributed by atoms with Crippen molar-refractivity contribution in [2.45, 2.75) is 62.3 Å². The van der Waals surface area contributed by atoms with Crippen molar-refractivity contribution < 1.29 is 32.5 Å². The first-order valence-corrected chi connectivity index (χ1v) is 10.5. The van der Waals surface area contributed by atoms with Gasteiger partial charge in [-0.15, -0.1) is 0 Å². The molecule has 3 atom stereocenters. The van der Waals surface area contributed by atoms with Crippen molar-refractivity contribution in [3.05, 3.63) is 0 Å². The molecule has 0 aromatic rings. The van der Waals surface area contributed by atoms with Crippen LogP contribution in [-0.2, 0) is 14.3 Å². The van der Waals surface area contributed by atoms with Gasteiger partial charge < -0.3 is 19.9 Å². The van der Waals surface area contributed by atoms with E-state index in [1.54, 1.807) is 13.8 Å². The van der Waals surface area contributed by atoms with Gasteiger partial charge in [0.1, 0.15) is 12.0 Å². The molecule has 0 aromatic carbocycles. The van der Waals surface area contributed by atoms with Crippen molar-refractivity contribution in [1.29, 1.82) is 0 Å². The highest BCUT2D eigenvalue weighted by Crippen LogP contribution is 2.42. The largest absolute Gasteiger partial charge is 0.471 e. The number of hydrogen-bond acceptors (Lipinski definition) is 6. The zero-order chi connectivity index (χ0) is 18.7. The number of ether oxygens (including phenoxy) is 2. The third kappa shape index (κ3) is 6.82. The molecular formula is C15H24F3NO4S2. The van der Waals surface area contributed by atoms with Gasteiger partial charge in [-0.1, -0.05) is 21.6 Å². The van der Waals surface area contributed by atoms with Crippen LogP contribution in [0.4, 0.5) is 13.2 Å². The Labute approximate surface area is 153 Å². The van der Waals surface area contributed by atoms with E-state index in [2.05, 4.69) is 0 Å². The van der Waals surface area contributed by atoms with Gasteiger partial charge in [0.05, 0.1) is 18.8 Å². The van der Waals surface area contributed by atoms with E-state index in [0.29, 0.717) is 11.9 Å². The topological polar surface area (TPSA) is 67.8 Å². The van der Waals surface area contributed by atoms with E-state index in [0.717, 1.165) is 19.3 Å². The Bertz CT molecular complexity index is 461. The van der Waals surface area contributed by atoms with Crippen molar-refractivity contribution in [1.82, 2.24) is 5.32 Å². The lowest BCUT2D eigenvalue weighted by atomic mass is 10.1. The van der Waals surface area contributed by atoms with Gasteiger partial charge in [-0.25, -0.2) is 0 Å². The minimum atomic E-state index is -4.86. The lowest BCUT2D eigenvalue weighted by molar-refractivity contribution is -0.173. The molecule has 1 amide bonds. The second-order valence-corrected chi connectivity index (χ2v) is 9.88. The Kier molecular flexibility index (Phi) is 7.35. The lowest BCUT2D eigenvalue weighted by Gasteiger charge is -2.24. The summed E-state index contributed by atoms with van der Waals surface area (Å²) in [6, 6.07) is 0. The van der Waals surface area contributed by atoms with Crippen LogP contribution < -0.4 is 5.32 Å². The zero-order valence-electron chi connectivity index (χ0n) is 14.2. The van der Waals surface area contributed by atoms with E-state index < -0.39 is 16.8 Å². The number of amides is 1. The molecule has 1 saturated carbocycles. The number of alkyl halides is 3. The van der Waals surface area contributed by atoms with E-state index in [9.17, 15) is 23.1 Å². The molecule has 0 spiro atoms. The summed E-state index contributed by atoms with van der Waals surface area (Å²) in [5, 5.41) is 11.3. The third-order valence-electron chi connectivity index (χ3n) is 4.10. The third-order valence-corrected chi connectivity index (χ3v) is 7.04. The Morgan fingerprint density at radius 1 is 1.36 bits per heavy atom. The fourth-order valence-corrected chi connectivity index (χ4v) is 4.75. The smallest absolute Gasteiger partial charge is 0.394 e. The number of nitrogens with one attached hydrogen (secondary N) is 1. The molecule has 5 nitrogen and oxygen atoms in total. The molecule has 0 aromatic heterocycles. The summed E-state index contributed by atoms with van der Waals surface area (Å²) in [5.74, 6) is -1.01. The van der Waals surface area contributed by atoms with E-state index in [1.165, 1.54) is 21.6 Å². The Hall–Kier alpha value is -0.160. The molecule has 2 N–H and O–H groups in total. The monoisotopic (exact) mass is 403 g/mol. The average Bonchev–Trinajstić information content (AvgIpc) is 3.29. The van der Waals surface area contributed by atoms with E-state index in [4.69, 9.17) is 9.47 Å². The molecule has 2 fully saturated rings. The molecular weight excluding hydrogens is 379 g/mol. The Balaban J connectivity index is 1.64. The summed E-state index contributed by atoms with van der Waals surface area (Å²) in [5.41, 5.74) is 0. The number of aliphatic hydroxyl groups excluding tert-OH is 1. The first-order chi connectivity index (χ1) is 11.6. The maximum Gasteiger partial charge on any atom is 0.471 e. The quantitative estimate of drug-likeness (QED) is 0.351. The maximum atomic E-state index is 12.2. The summed E-state index contributed by atoms with van der Waals surface area (Å²) in [6.07, 6.45) is -2.07. The predicted molar refractivity (Wildman–Crippen MR) is 91.2 cm³/mol. The van der Waals surface area contributed by atoms with Gasteiger partial charge in [-0.3, -0.25) is 4.79 Å². The van der Waals surface area contributed by atoms with Gasteiger partial charge >= 0.3 is 12.1 Å². The highest BCUT2D eigenvalue weighted by atomic mass is 33.1. The van der Waals surface area contributed by atoms with Gasteiger partial charge in [-0.05, 0) is 32.6 Å². The summed E-state index contributed by atoms with van der Waals surface area (Å²) in [7, 11) is 2.72. The fraction of sp³-hybridized carbons (Fsp3) is 0.933. The Morgan fingerprint density at radius 3 is 2.60 bits per heavy atom. The summed E-state index contributed by atoms with van der Waals surface area (Å²) < 4.78 is 47.6. The summed E-state index contributed by atoms with van der Waals surface area (Å²) in [4.78, 5) is 10.9. The molecule has 1 aliphatic carbocycles.